The SMILES string of the molecule is CC(NC(=O)[C@@H]1C[C@H](n2nncc2C(C)(C)O)CN1C(=O)C(CC1CCCCC1)=NC(=O)c1cnc2cccnc2c1)C(=O)C(N)=O. The van der Waals surface area contributed by atoms with Gasteiger partial charge in [-0.1, -0.05) is 37.3 Å². The summed E-state index contributed by atoms with van der Waals surface area (Å²) in [6, 6.07) is 2.11. The van der Waals surface area contributed by atoms with E-state index < -0.39 is 53.1 Å². The number of nitrogens with two attached hydrogens (primary N) is 1. The van der Waals surface area contributed by atoms with Crippen LogP contribution in [0.5, 0.6) is 0 Å². The van der Waals surface area contributed by atoms with Crippen LogP contribution in [0.25, 0.3) is 11.0 Å². The number of hydrogen-bond acceptors (Lipinski definition) is 10. The molecule has 3 atom stereocenters. The fraction of sp³-hybridized carbons (Fsp3) is 0.500. The van der Waals surface area contributed by atoms with E-state index in [1.54, 1.807) is 38.2 Å². The summed E-state index contributed by atoms with van der Waals surface area (Å²) in [4.78, 5) is 79.5. The van der Waals surface area contributed by atoms with Gasteiger partial charge >= 0.3 is 0 Å². The predicted molar refractivity (Wildman–Crippen MR) is 169 cm³/mol. The van der Waals surface area contributed by atoms with Crippen LogP contribution in [0.4, 0.5) is 0 Å². The lowest BCUT2D eigenvalue weighted by Crippen LogP contribution is -2.52. The van der Waals surface area contributed by atoms with Crippen LogP contribution in [0.1, 0.15) is 87.8 Å². The third-order valence-electron chi connectivity index (χ3n) is 8.77. The molecule has 4 amide bonds. The maximum absolute atomic E-state index is 14.4. The Morgan fingerprint density at radius 2 is 1.85 bits per heavy atom. The lowest BCUT2D eigenvalue weighted by Gasteiger charge is -2.27. The minimum Gasteiger partial charge on any atom is -0.384 e. The Balaban J connectivity index is 1.50. The first-order chi connectivity index (χ1) is 22.3. The minimum atomic E-state index is -1.33. The zero-order chi connectivity index (χ0) is 33.9. The van der Waals surface area contributed by atoms with Crippen molar-refractivity contribution in [2.45, 2.75) is 89.4 Å². The van der Waals surface area contributed by atoms with E-state index in [1.165, 1.54) is 28.9 Å². The highest BCUT2D eigenvalue weighted by atomic mass is 16.3. The largest absolute Gasteiger partial charge is 0.384 e. The monoisotopic (exact) mass is 645 g/mol. The summed E-state index contributed by atoms with van der Waals surface area (Å²) < 4.78 is 1.47. The van der Waals surface area contributed by atoms with Gasteiger partial charge in [-0.25, -0.2) is 9.67 Å². The molecule has 1 saturated heterocycles. The maximum Gasteiger partial charge on any atom is 0.287 e. The van der Waals surface area contributed by atoms with Crippen LogP contribution in [0.3, 0.4) is 0 Å². The van der Waals surface area contributed by atoms with Crippen molar-refractivity contribution in [1.82, 2.24) is 35.2 Å². The number of primary amides is 1. The molecule has 0 aromatic carbocycles. The standard InChI is InChI=1S/C32H39N9O6/c1-18(27(42)28(33)43)37-30(45)25-14-21(41-26(16-36-39-41)32(2,3)47)17-40(25)31(46)24(12-19-8-5-4-6-9-19)38-29(44)20-13-23-22(35-15-20)10-7-11-34-23/h7,10-11,13,15-16,18-19,21,25,47H,4-6,8-9,12,14,17H2,1-3H3,(H2,33,43)(H,37,45)/t18?,21-,25-/m0/s1. The summed E-state index contributed by atoms with van der Waals surface area (Å²) in [6.45, 7) is 4.44. The number of amides is 4. The van der Waals surface area contributed by atoms with Crippen LogP contribution >= 0.6 is 0 Å². The fourth-order valence-electron chi connectivity index (χ4n) is 6.27. The number of aromatic nitrogens is 5. The molecule has 5 rings (SSSR count). The van der Waals surface area contributed by atoms with E-state index in [0.717, 1.165) is 32.1 Å². The van der Waals surface area contributed by atoms with Crippen molar-refractivity contribution in [3.63, 3.8) is 0 Å². The van der Waals surface area contributed by atoms with Crippen LogP contribution in [0.2, 0.25) is 0 Å². The molecule has 1 unspecified atom stereocenters. The molecule has 0 radical (unpaired) electrons. The number of carbonyl (C=O) groups is 5. The van der Waals surface area contributed by atoms with Crippen molar-refractivity contribution < 1.29 is 29.1 Å². The lowest BCUT2D eigenvalue weighted by molar-refractivity contribution is -0.139. The van der Waals surface area contributed by atoms with E-state index in [2.05, 4.69) is 30.6 Å². The van der Waals surface area contributed by atoms with Crippen LogP contribution in [0, 0.1) is 5.92 Å². The Hall–Kier alpha value is -4.92. The smallest absolute Gasteiger partial charge is 0.287 e. The molecule has 4 heterocycles. The van der Waals surface area contributed by atoms with Crippen molar-refractivity contribution in [1.29, 1.82) is 0 Å². The number of hydrogen-bond donors (Lipinski definition) is 3. The number of ketones is 1. The van der Waals surface area contributed by atoms with Crippen LogP contribution in [-0.4, -0.2) is 88.7 Å². The lowest BCUT2D eigenvalue weighted by atomic mass is 9.85. The normalized spacial score (nSPS) is 19.8. The summed E-state index contributed by atoms with van der Waals surface area (Å²) in [6.07, 6.45) is 9.49. The van der Waals surface area contributed by atoms with Gasteiger partial charge in [0.25, 0.3) is 17.7 Å². The van der Waals surface area contributed by atoms with E-state index in [9.17, 15) is 29.1 Å². The van der Waals surface area contributed by atoms with Crippen LogP contribution < -0.4 is 11.1 Å². The molecular weight excluding hydrogens is 606 g/mol. The van der Waals surface area contributed by atoms with Gasteiger partial charge in [-0.05, 0) is 51.3 Å². The molecule has 15 nitrogen and oxygen atoms in total. The first-order valence-corrected chi connectivity index (χ1v) is 15.7. The minimum absolute atomic E-state index is 0.00373. The summed E-state index contributed by atoms with van der Waals surface area (Å²) in [5, 5.41) is 21.3. The second-order valence-electron chi connectivity index (χ2n) is 12.8. The molecule has 15 heteroatoms. The van der Waals surface area contributed by atoms with Gasteiger partial charge in [0.1, 0.15) is 17.4 Å². The summed E-state index contributed by atoms with van der Waals surface area (Å²) in [7, 11) is 0. The molecule has 1 aliphatic carbocycles. The fourth-order valence-corrected chi connectivity index (χ4v) is 6.27. The number of carbonyl (C=O) groups excluding carboxylic acids is 5. The highest BCUT2D eigenvalue weighted by Gasteiger charge is 2.44. The van der Waals surface area contributed by atoms with Crippen LogP contribution in [-0.2, 0) is 24.8 Å². The topological polar surface area (TPSA) is 216 Å². The molecular formula is C32H39N9O6. The first kappa shape index (κ1) is 33.4. The summed E-state index contributed by atoms with van der Waals surface area (Å²) in [5.41, 5.74) is 5.45. The van der Waals surface area contributed by atoms with E-state index in [4.69, 9.17) is 5.73 Å². The van der Waals surface area contributed by atoms with E-state index in [0.29, 0.717) is 16.7 Å². The summed E-state index contributed by atoms with van der Waals surface area (Å²) in [5.74, 6) is -4.05. The van der Waals surface area contributed by atoms with E-state index in [-0.39, 0.29) is 36.6 Å². The van der Waals surface area contributed by atoms with Crippen molar-refractivity contribution in [3.05, 3.63) is 48.0 Å². The van der Waals surface area contributed by atoms with Gasteiger partial charge in [0.15, 0.2) is 0 Å². The molecule has 248 valence electrons. The van der Waals surface area contributed by atoms with Gasteiger partial charge in [-0.3, -0.25) is 33.9 Å². The molecule has 0 spiro atoms. The Morgan fingerprint density at radius 1 is 1.11 bits per heavy atom. The first-order valence-electron chi connectivity index (χ1n) is 15.7. The number of aliphatic hydroxyl groups is 1. The predicted octanol–water partition coefficient (Wildman–Crippen LogP) is 1.40. The van der Waals surface area contributed by atoms with Gasteiger partial charge < -0.3 is 21.1 Å². The number of rotatable bonds is 10. The average molecular weight is 646 g/mol. The van der Waals surface area contributed by atoms with Crippen LogP contribution in [0.15, 0.2) is 41.8 Å². The number of fused-ring (bicyclic) bond motifs is 1. The highest BCUT2D eigenvalue weighted by Crippen LogP contribution is 2.33. The van der Waals surface area contributed by atoms with Crippen molar-refractivity contribution in [3.8, 4) is 0 Å². The van der Waals surface area contributed by atoms with E-state index >= 15 is 0 Å². The highest BCUT2D eigenvalue weighted by molar-refractivity contribution is 6.41. The van der Waals surface area contributed by atoms with Gasteiger partial charge in [0, 0.05) is 25.4 Å². The third-order valence-corrected chi connectivity index (χ3v) is 8.77. The van der Waals surface area contributed by atoms with Gasteiger partial charge in [0.2, 0.25) is 11.7 Å². The zero-order valence-corrected chi connectivity index (χ0v) is 26.6. The zero-order valence-electron chi connectivity index (χ0n) is 26.6. The Bertz CT molecular complexity index is 1720. The Kier molecular flexibility index (Phi) is 9.84. The second-order valence-corrected chi connectivity index (χ2v) is 12.8. The van der Waals surface area contributed by atoms with Crippen molar-refractivity contribution in [2.24, 2.45) is 16.6 Å². The quantitative estimate of drug-likeness (QED) is 0.213. The number of pyridine rings is 2. The number of aliphatic imine (C=N–C) groups is 1. The number of likely N-dealkylation sites (tertiary alicyclic amines) is 1. The van der Waals surface area contributed by atoms with Gasteiger partial charge in [-0.15, -0.1) is 5.10 Å². The molecule has 2 aliphatic rings. The number of nitrogens with zero attached hydrogens (tertiary/aromatic N) is 7. The van der Waals surface area contributed by atoms with Crippen molar-refractivity contribution >= 4 is 46.2 Å². The molecule has 0 bridgehead atoms. The van der Waals surface area contributed by atoms with Gasteiger partial charge in [0.05, 0.1) is 40.6 Å². The molecule has 1 aliphatic heterocycles. The molecule has 4 N–H and O–H groups in total. The molecule has 2 fully saturated rings. The summed E-state index contributed by atoms with van der Waals surface area (Å²) >= 11 is 0. The maximum atomic E-state index is 14.4. The number of Topliss-reactive ketones (excluding diaryl/α,β-unsaturated/α-hetero) is 1. The second kappa shape index (κ2) is 13.8. The van der Waals surface area contributed by atoms with Gasteiger partial charge in [-0.2, -0.15) is 0 Å². The van der Waals surface area contributed by atoms with Crippen molar-refractivity contribution in [2.75, 3.05) is 6.54 Å². The van der Waals surface area contributed by atoms with E-state index in [1.807, 2.05) is 0 Å². The Morgan fingerprint density at radius 3 is 2.55 bits per heavy atom. The molecule has 1 saturated carbocycles. The number of nitrogens with one attached hydrogen (secondary N) is 1. The Labute approximate surface area is 271 Å². The average Bonchev–Trinajstić information content (AvgIpc) is 3.72. The molecule has 47 heavy (non-hydrogen) atoms. The molecule has 3 aromatic heterocycles. The third kappa shape index (κ3) is 7.56. The molecule has 3 aromatic rings.